The summed E-state index contributed by atoms with van der Waals surface area (Å²) in [6.07, 6.45) is 3.60. The van der Waals surface area contributed by atoms with Crippen molar-refractivity contribution in [1.82, 2.24) is 15.2 Å². The number of aromatic amines is 1. The Bertz CT molecular complexity index is 1440. The van der Waals surface area contributed by atoms with Gasteiger partial charge < -0.3 is 5.11 Å². The van der Waals surface area contributed by atoms with Gasteiger partial charge in [-0.1, -0.05) is 41.9 Å². The molecule has 0 bridgehead atoms. The molecule has 2 heterocycles. The van der Waals surface area contributed by atoms with Gasteiger partial charge in [0.25, 0.3) is 0 Å². The first kappa shape index (κ1) is 20.4. The van der Waals surface area contributed by atoms with Crippen LogP contribution in [0.2, 0.25) is 5.02 Å². The van der Waals surface area contributed by atoms with Gasteiger partial charge in [-0.25, -0.2) is 4.98 Å². The van der Waals surface area contributed by atoms with Gasteiger partial charge in [0.05, 0.1) is 22.8 Å². The number of carboxylic acids is 1. The second-order valence-corrected chi connectivity index (χ2v) is 8.99. The van der Waals surface area contributed by atoms with Crippen LogP contribution in [-0.4, -0.2) is 26.3 Å². The molecule has 0 amide bonds. The van der Waals surface area contributed by atoms with Crippen molar-refractivity contribution in [1.29, 1.82) is 0 Å². The number of halogens is 1. The van der Waals surface area contributed by atoms with Crippen molar-refractivity contribution in [3.05, 3.63) is 83.1 Å². The number of aliphatic carboxylic acids is 1. The molecule has 0 aliphatic rings. The van der Waals surface area contributed by atoms with E-state index in [0.717, 1.165) is 54.2 Å². The van der Waals surface area contributed by atoms with Crippen LogP contribution >= 0.6 is 22.9 Å². The van der Waals surface area contributed by atoms with Gasteiger partial charge in [-0.2, -0.15) is 5.10 Å². The van der Waals surface area contributed by atoms with Crippen LogP contribution in [0.1, 0.15) is 11.1 Å². The Hall–Kier alpha value is -3.48. The third kappa shape index (κ3) is 3.79. The van der Waals surface area contributed by atoms with E-state index < -0.39 is 5.97 Å². The molecule has 0 atom stereocenters. The molecule has 5 nitrogen and oxygen atoms in total. The predicted octanol–water partition coefficient (Wildman–Crippen LogP) is 6.61. The standard InChI is InChI=1S/C25H18ClN3O2S/c1-14-9-21-24(23(20(14)11-22(30)31)15-5-7-19(26)8-6-15)32-25(29-21)17-4-2-3-16(10-17)18-12-27-28-13-18/h2-10,12-13H,11H2,1H3,(H,27,28)(H,30,31). The van der Waals surface area contributed by atoms with E-state index in [1.807, 2.05) is 61.7 Å². The van der Waals surface area contributed by atoms with Gasteiger partial charge in [-0.3, -0.25) is 9.89 Å². The second kappa shape index (κ2) is 8.22. The van der Waals surface area contributed by atoms with E-state index in [2.05, 4.69) is 16.3 Å². The maximum Gasteiger partial charge on any atom is 0.307 e. The van der Waals surface area contributed by atoms with Crippen molar-refractivity contribution in [2.24, 2.45) is 0 Å². The molecule has 0 fully saturated rings. The van der Waals surface area contributed by atoms with E-state index in [1.165, 1.54) is 0 Å². The third-order valence-electron chi connectivity index (χ3n) is 5.41. The van der Waals surface area contributed by atoms with E-state index in [0.29, 0.717) is 5.02 Å². The lowest BCUT2D eigenvalue weighted by atomic mass is 9.93. The van der Waals surface area contributed by atoms with Gasteiger partial charge in [0.15, 0.2) is 0 Å². The van der Waals surface area contributed by atoms with E-state index in [4.69, 9.17) is 16.6 Å². The fraction of sp³-hybridized carbons (Fsp3) is 0.0800. The van der Waals surface area contributed by atoms with Gasteiger partial charge in [0.2, 0.25) is 0 Å². The number of H-pyrrole nitrogens is 1. The van der Waals surface area contributed by atoms with Crippen LogP contribution in [0.3, 0.4) is 0 Å². The number of carboxylic acid groups (broad SMARTS) is 1. The summed E-state index contributed by atoms with van der Waals surface area (Å²) in [6, 6.07) is 17.7. The number of nitrogens with zero attached hydrogens (tertiary/aromatic N) is 2. The molecule has 0 aliphatic carbocycles. The zero-order chi connectivity index (χ0) is 22.2. The number of hydrogen-bond donors (Lipinski definition) is 2. The van der Waals surface area contributed by atoms with Crippen LogP contribution < -0.4 is 0 Å². The van der Waals surface area contributed by atoms with Gasteiger partial charge in [-0.05, 0) is 53.4 Å². The van der Waals surface area contributed by atoms with Crippen molar-refractivity contribution in [2.75, 3.05) is 0 Å². The Morgan fingerprint density at radius 1 is 1.06 bits per heavy atom. The number of carbonyl (C=O) groups is 1. The number of aromatic nitrogens is 3. The van der Waals surface area contributed by atoms with Crippen LogP contribution in [0.4, 0.5) is 0 Å². The molecular weight excluding hydrogens is 442 g/mol. The van der Waals surface area contributed by atoms with Crippen LogP contribution in [0.15, 0.2) is 67.0 Å². The largest absolute Gasteiger partial charge is 0.481 e. The predicted molar refractivity (Wildman–Crippen MR) is 129 cm³/mol. The first-order valence-corrected chi connectivity index (χ1v) is 11.2. The SMILES string of the molecule is Cc1cc2nc(-c3cccc(-c4cn[nH]c4)c3)sc2c(-c2ccc(Cl)cc2)c1CC(=O)O. The number of rotatable bonds is 5. The Balaban J connectivity index is 1.72. The number of nitrogens with one attached hydrogen (secondary N) is 1. The Morgan fingerprint density at radius 3 is 2.56 bits per heavy atom. The number of hydrogen-bond acceptors (Lipinski definition) is 4. The topological polar surface area (TPSA) is 78.9 Å². The van der Waals surface area contributed by atoms with Gasteiger partial charge >= 0.3 is 5.97 Å². The maximum atomic E-state index is 11.6. The molecule has 0 aliphatic heterocycles. The quantitative estimate of drug-likeness (QED) is 0.310. The van der Waals surface area contributed by atoms with Crippen molar-refractivity contribution in [3.8, 4) is 32.8 Å². The molecular formula is C25H18ClN3O2S. The molecule has 158 valence electrons. The molecule has 32 heavy (non-hydrogen) atoms. The lowest BCUT2D eigenvalue weighted by molar-refractivity contribution is -0.136. The fourth-order valence-electron chi connectivity index (χ4n) is 3.90. The minimum absolute atomic E-state index is 0.0526. The molecule has 7 heteroatoms. The molecule has 5 aromatic rings. The summed E-state index contributed by atoms with van der Waals surface area (Å²) < 4.78 is 0.970. The minimum Gasteiger partial charge on any atom is -0.481 e. The average Bonchev–Trinajstić information content (AvgIpc) is 3.45. The zero-order valence-electron chi connectivity index (χ0n) is 17.1. The second-order valence-electron chi connectivity index (χ2n) is 7.56. The smallest absolute Gasteiger partial charge is 0.307 e. The Kier molecular flexibility index (Phi) is 5.25. The molecule has 3 aromatic carbocycles. The maximum absolute atomic E-state index is 11.6. The van der Waals surface area contributed by atoms with Gasteiger partial charge in [-0.15, -0.1) is 11.3 Å². The monoisotopic (exact) mass is 459 g/mol. The Labute approximate surface area is 193 Å². The highest BCUT2D eigenvalue weighted by molar-refractivity contribution is 7.22. The first-order valence-electron chi connectivity index (χ1n) is 10.00. The number of thiazole rings is 1. The summed E-state index contributed by atoms with van der Waals surface area (Å²) in [7, 11) is 0. The van der Waals surface area contributed by atoms with Crippen molar-refractivity contribution in [3.63, 3.8) is 0 Å². The van der Waals surface area contributed by atoms with Gasteiger partial charge in [0.1, 0.15) is 5.01 Å². The van der Waals surface area contributed by atoms with E-state index in [9.17, 15) is 9.90 Å². The summed E-state index contributed by atoms with van der Waals surface area (Å²) in [6.45, 7) is 1.94. The van der Waals surface area contributed by atoms with Crippen molar-refractivity contribution < 1.29 is 9.90 Å². The normalized spacial score (nSPS) is 11.2. The Morgan fingerprint density at radius 2 is 1.84 bits per heavy atom. The highest BCUT2D eigenvalue weighted by Crippen LogP contribution is 2.41. The highest BCUT2D eigenvalue weighted by Gasteiger charge is 2.19. The first-order chi connectivity index (χ1) is 15.5. The van der Waals surface area contributed by atoms with Crippen LogP contribution in [0, 0.1) is 6.92 Å². The summed E-state index contributed by atoms with van der Waals surface area (Å²) in [4.78, 5) is 16.5. The summed E-state index contributed by atoms with van der Waals surface area (Å²) in [5, 5.41) is 17.9. The number of fused-ring (bicyclic) bond motifs is 1. The third-order valence-corrected chi connectivity index (χ3v) is 6.80. The molecule has 2 aromatic heterocycles. The highest BCUT2D eigenvalue weighted by atomic mass is 35.5. The lowest BCUT2D eigenvalue weighted by Gasteiger charge is -2.13. The molecule has 0 saturated carbocycles. The van der Waals surface area contributed by atoms with E-state index in [1.54, 1.807) is 17.5 Å². The van der Waals surface area contributed by atoms with E-state index >= 15 is 0 Å². The molecule has 0 radical (unpaired) electrons. The fourth-order valence-corrected chi connectivity index (χ4v) is 5.16. The average molecular weight is 460 g/mol. The lowest BCUT2D eigenvalue weighted by Crippen LogP contribution is -2.04. The van der Waals surface area contributed by atoms with Crippen LogP contribution in [0.25, 0.3) is 43.0 Å². The molecule has 5 rings (SSSR count). The van der Waals surface area contributed by atoms with Gasteiger partial charge in [0, 0.05) is 27.9 Å². The van der Waals surface area contributed by atoms with Crippen LogP contribution in [-0.2, 0) is 11.2 Å². The summed E-state index contributed by atoms with van der Waals surface area (Å²) >= 11 is 7.67. The zero-order valence-corrected chi connectivity index (χ0v) is 18.7. The summed E-state index contributed by atoms with van der Waals surface area (Å²) in [5.41, 5.74) is 7.48. The summed E-state index contributed by atoms with van der Waals surface area (Å²) in [5.74, 6) is -0.861. The number of benzene rings is 3. The molecule has 2 N–H and O–H groups in total. The van der Waals surface area contributed by atoms with Crippen molar-refractivity contribution >= 4 is 39.1 Å². The number of aryl methyl sites for hydroxylation is 1. The molecule has 0 spiro atoms. The van der Waals surface area contributed by atoms with Crippen molar-refractivity contribution in [2.45, 2.75) is 13.3 Å². The molecule has 0 saturated heterocycles. The van der Waals surface area contributed by atoms with Crippen LogP contribution in [0.5, 0.6) is 0 Å². The molecule has 0 unspecified atom stereocenters. The van der Waals surface area contributed by atoms with E-state index in [-0.39, 0.29) is 6.42 Å². The minimum atomic E-state index is -0.861.